The minimum atomic E-state index is -3.55. The average Bonchev–Trinajstić information content (AvgIpc) is 2.34. The summed E-state index contributed by atoms with van der Waals surface area (Å²) in [5, 5.41) is 8.40. The summed E-state index contributed by atoms with van der Waals surface area (Å²) in [6.45, 7) is 0.657. The van der Waals surface area contributed by atoms with Crippen molar-refractivity contribution in [3.63, 3.8) is 0 Å². The first kappa shape index (κ1) is 16.6. The molecule has 0 unspecified atom stereocenters. The first-order chi connectivity index (χ1) is 9.39. The molecule has 0 saturated heterocycles. The van der Waals surface area contributed by atoms with Crippen LogP contribution in [0.25, 0.3) is 0 Å². The number of rotatable bonds is 9. The highest BCUT2D eigenvalue weighted by molar-refractivity contribution is 7.92. The number of carboxylic acid groups (broad SMARTS) is 1. The van der Waals surface area contributed by atoms with Gasteiger partial charge in [-0.3, -0.25) is 4.79 Å². The zero-order valence-corrected chi connectivity index (χ0v) is 11.7. The largest absolute Gasteiger partial charge is 0.480 e. The number of carboxylic acids is 1. The number of aliphatic carboxylic acids is 1. The first-order valence-corrected chi connectivity index (χ1v) is 7.95. The van der Waals surface area contributed by atoms with Crippen LogP contribution in [0.2, 0.25) is 0 Å². The highest BCUT2D eigenvalue weighted by atomic mass is 32.2. The van der Waals surface area contributed by atoms with Crippen molar-refractivity contribution in [3.8, 4) is 0 Å². The standard InChI is InChI=1S/C13H17FO5S/c14-12-4-2-11(3-5-12)6-8-19-7-1-9-20(17,18)10-13(15)16/h2-5H,1,6-10H2,(H,15,16). The first-order valence-electron chi connectivity index (χ1n) is 6.13. The lowest BCUT2D eigenvalue weighted by Gasteiger charge is -2.05. The Balaban J connectivity index is 2.13. The lowest BCUT2D eigenvalue weighted by Crippen LogP contribution is -2.19. The molecule has 0 atom stereocenters. The molecule has 0 spiro atoms. The van der Waals surface area contributed by atoms with Crippen LogP contribution >= 0.6 is 0 Å². The van der Waals surface area contributed by atoms with Gasteiger partial charge < -0.3 is 9.84 Å². The van der Waals surface area contributed by atoms with Crippen molar-refractivity contribution in [1.82, 2.24) is 0 Å². The van der Waals surface area contributed by atoms with Crippen molar-refractivity contribution in [1.29, 1.82) is 0 Å². The number of sulfone groups is 1. The molecule has 20 heavy (non-hydrogen) atoms. The smallest absolute Gasteiger partial charge is 0.318 e. The quantitative estimate of drug-likeness (QED) is 0.695. The number of hydrogen-bond acceptors (Lipinski definition) is 4. The van der Waals surface area contributed by atoms with E-state index in [-0.39, 0.29) is 24.6 Å². The molecule has 0 aliphatic carbocycles. The molecule has 112 valence electrons. The van der Waals surface area contributed by atoms with E-state index in [0.29, 0.717) is 13.0 Å². The van der Waals surface area contributed by atoms with Gasteiger partial charge in [-0.1, -0.05) is 12.1 Å². The average molecular weight is 304 g/mol. The summed E-state index contributed by atoms with van der Waals surface area (Å²) in [5.41, 5.74) is 0.935. The fourth-order valence-corrected chi connectivity index (χ4v) is 2.66. The molecule has 1 aromatic rings. The van der Waals surface area contributed by atoms with Gasteiger partial charge >= 0.3 is 5.97 Å². The summed E-state index contributed by atoms with van der Waals surface area (Å²) < 4.78 is 40.4. The van der Waals surface area contributed by atoms with Crippen LogP contribution in [0, 0.1) is 5.82 Å². The predicted molar refractivity (Wildman–Crippen MR) is 71.8 cm³/mol. The molecule has 0 saturated carbocycles. The Kier molecular flexibility index (Phi) is 6.60. The number of hydrogen-bond donors (Lipinski definition) is 1. The zero-order valence-electron chi connectivity index (χ0n) is 10.9. The van der Waals surface area contributed by atoms with Crippen LogP contribution in [0.4, 0.5) is 4.39 Å². The van der Waals surface area contributed by atoms with E-state index in [1.54, 1.807) is 12.1 Å². The molecular weight excluding hydrogens is 287 g/mol. The zero-order chi connectivity index (χ0) is 15.0. The molecule has 0 aliphatic heterocycles. The fourth-order valence-electron chi connectivity index (χ4n) is 1.58. The van der Waals surface area contributed by atoms with Gasteiger partial charge in [-0.15, -0.1) is 0 Å². The monoisotopic (exact) mass is 304 g/mol. The van der Waals surface area contributed by atoms with Gasteiger partial charge in [0.1, 0.15) is 11.6 Å². The molecule has 1 aromatic carbocycles. The minimum absolute atomic E-state index is 0.199. The van der Waals surface area contributed by atoms with E-state index in [4.69, 9.17) is 9.84 Å². The molecule has 5 nitrogen and oxygen atoms in total. The number of carbonyl (C=O) groups is 1. The summed E-state index contributed by atoms with van der Waals surface area (Å²) in [7, 11) is -3.55. The van der Waals surface area contributed by atoms with E-state index in [0.717, 1.165) is 5.56 Å². The highest BCUT2D eigenvalue weighted by Gasteiger charge is 2.14. The van der Waals surface area contributed by atoms with Gasteiger partial charge in [-0.05, 0) is 30.5 Å². The second-order valence-corrected chi connectivity index (χ2v) is 6.51. The second-order valence-electron chi connectivity index (χ2n) is 4.33. The maximum Gasteiger partial charge on any atom is 0.318 e. The molecule has 0 aliphatic rings. The third kappa shape index (κ3) is 7.20. The maximum absolute atomic E-state index is 12.6. The summed E-state index contributed by atoms with van der Waals surface area (Å²) in [6.07, 6.45) is 0.876. The van der Waals surface area contributed by atoms with Gasteiger partial charge in [-0.25, -0.2) is 12.8 Å². The summed E-state index contributed by atoms with van der Waals surface area (Å²) in [4.78, 5) is 10.3. The third-order valence-electron chi connectivity index (χ3n) is 2.54. The van der Waals surface area contributed by atoms with Crippen molar-refractivity contribution in [2.75, 3.05) is 24.7 Å². The van der Waals surface area contributed by atoms with E-state index in [1.807, 2.05) is 0 Å². The van der Waals surface area contributed by atoms with Crippen molar-refractivity contribution in [2.45, 2.75) is 12.8 Å². The third-order valence-corrected chi connectivity index (χ3v) is 4.13. The van der Waals surface area contributed by atoms with Crippen LogP contribution in [0.1, 0.15) is 12.0 Å². The van der Waals surface area contributed by atoms with E-state index < -0.39 is 21.6 Å². The van der Waals surface area contributed by atoms with Crippen LogP contribution < -0.4 is 0 Å². The molecular formula is C13H17FO5S. The van der Waals surface area contributed by atoms with Crippen LogP contribution in [0.5, 0.6) is 0 Å². The summed E-state index contributed by atoms with van der Waals surface area (Å²) >= 11 is 0. The predicted octanol–water partition coefficient (Wildman–Crippen LogP) is 1.27. The molecule has 0 heterocycles. The van der Waals surface area contributed by atoms with Crippen LogP contribution in [0.15, 0.2) is 24.3 Å². The number of benzene rings is 1. The number of halogens is 1. The lowest BCUT2D eigenvalue weighted by molar-refractivity contribution is -0.134. The van der Waals surface area contributed by atoms with Gasteiger partial charge in [0.2, 0.25) is 0 Å². The maximum atomic E-state index is 12.6. The lowest BCUT2D eigenvalue weighted by atomic mass is 10.2. The van der Waals surface area contributed by atoms with E-state index in [9.17, 15) is 17.6 Å². The van der Waals surface area contributed by atoms with Crippen molar-refractivity contribution in [3.05, 3.63) is 35.6 Å². The Labute approximate surface area is 117 Å². The topological polar surface area (TPSA) is 80.7 Å². The van der Waals surface area contributed by atoms with Gasteiger partial charge in [-0.2, -0.15) is 0 Å². The van der Waals surface area contributed by atoms with Gasteiger partial charge in [0.05, 0.1) is 12.4 Å². The SMILES string of the molecule is O=C(O)CS(=O)(=O)CCCOCCc1ccc(F)cc1. The molecule has 0 bridgehead atoms. The Morgan fingerprint density at radius 2 is 1.85 bits per heavy atom. The van der Waals surface area contributed by atoms with Crippen molar-refractivity contribution < 1.29 is 27.4 Å². The molecule has 0 amide bonds. The summed E-state index contributed by atoms with van der Waals surface area (Å²) in [6, 6.07) is 6.06. The van der Waals surface area contributed by atoms with Gasteiger partial charge in [0.15, 0.2) is 9.84 Å². The van der Waals surface area contributed by atoms with Gasteiger partial charge in [0.25, 0.3) is 0 Å². The Morgan fingerprint density at radius 1 is 1.20 bits per heavy atom. The molecule has 1 N–H and O–H groups in total. The van der Waals surface area contributed by atoms with E-state index in [2.05, 4.69) is 0 Å². The molecule has 7 heteroatoms. The normalized spacial score (nSPS) is 11.4. The molecule has 0 radical (unpaired) electrons. The van der Waals surface area contributed by atoms with Crippen LogP contribution in [0.3, 0.4) is 0 Å². The molecule has 0 fully saturated rings. The summed E-state index contributed by atoms with van der Waals surface area (Å²) in [5.74, 6) is -2.68. The van der Waals surface area contributed by atoms with Crippen LogP contribution in [-0.2, 0) is 25.8 Å². The Bertz CT molecular complexity index is 524. The Hall–Kier alpha value is -1.47. The molecule has 0 aromatic heterocycles. The number of ether oxygens (including phenoxy) is 1. The molecule has 1 rings (SSSR count). The minimum Gasteiger partial charge on any atom is -0.480 e. The van der Waals surface area contributed by atoms with Gasteiger partial charge in [0, 0.05) is 6.61 Å². The highest BCUT2D eigenvalue weighted by Crippen LogP contribution is 2.04. The van der Waals surface area contributed by atoms with Crippen molar-refractivity contribution in [2.24, 2.45) is 0 Å². The second kappa shape index (κ2) is 7.96. The Morgan fingerprint density at radius 3 is 2.45 bits per heavy atom. The van der Waals surface area contributed by atoms with Crippen molar-refractivity contribution >= 4 is 15.8 Å². The fraction of sp³-hybridized carbons (Fsp3) is 0.462. The van der Waals surface area contributed by atoms with E-state index in [1.165, 1.54) is 12.1 Å². The van der Waals surface area contributed by atoms with E-state index >= 15 is 0 Å². The van der Waals surface area contributed by atoms with Crippen LogP contribution in [-0.4, -0.2) is 44.2 Å².